The predicted molar refractivity (Wildman–Crippen MR) is 42.6 cm³/mol. The maximum atomic E-state index is 12.7. The molecule has 70 valence electrons. The van der Waals surface area contributed by atoms with Crippen molar-refractivity contribution in [1.82, 2.24) is 0 Å². The van der Waals surface area contributed by atoms with Gasteiger partial charge in [0.2, 0.25) is 5.02 Å². The zero-order valence-electron chi connectivity index (χ0n) is 5.69. The Hall–Kier alpha value is -1.28. The standard InChI is InChI=1S/C4ClFN2O4S/c5-1-2(7(9)10)3(6)13-4(1)8(11)12. The second-order valence-electron chi connectivity index (χ2n) is 1.86. The third kappa shape index (κ3) is 1.58. The third-order valence-corrected chi connectivity index (χ3v) is 2.51. The molecule has 0 spiro atoms. The summed E-state index contributed by atoms with van der Waals surface area (Å²) in [7, 11) is 0. The monoisotopic (exact) mass is 226 g/mol. The van der Waals surface area contributed by atoms with E-state index < -0.39 is 30.7 Å². The topological polar surface area (TPSA) is 86.3 Å². The molecule has 0 N–H and O–H groups in total. The summed E-state index contributed by atoms with van der Waals surface area (Å²) >= 11 is 5.24. The molecule has 0 saturated heterocycles. The number of hydrogen-bond donors (Lipinski definition) is 0. The minimum atomic E-state index is -1.26. The van der Waals surface area contributed by atoms with Gasteiger partial charge in [0.25, 0.3) is 5.13 Å². The minimum absolute atomic E-state index is 0.0381. The Bertz CT molecular complexity index is 392. The van der Waals surface area contributed by atoms with Gasteiger partial charge in [-0.15, -0.1) is 0 Å². The van der Waals surface area contributed by atoms with Gasteiger partial charge in [0.05, 0.1) is 9.85 Å². The molecule has 13 heavy (non-hydrogen) atoms. The highest BCUT2D eigenvalue weighted by atomic mass is 35.5. The average molecular weight is 227 g/mol. The molecule has 1 rings (SSSR count). The van der Waals surface area contributed by atoms with E-state index in [-0.39, 0.29) is 11.3 Å². The largest absolute Gasteiger partial charge is 0.352 e. The molecule has 0 unspecified atom stereocenters. The molecule has 0 aromatic carbocycles. The van der Waals surface area contributed by atoms with Gasteiger partial charge in [-0.3, -0.25) is 20.2 Å². The molecule has 6 nitrogen and oxygen atoms in total. The van der Waals surface area contributed by atoms with Crippen LogP contribution < -0.4 is 0 Å². The number of rotatable bonds is 2. The van der Waals surface area contributed by atoms with E-state index in [2.05, 4.69) is 0 Å². The van der Waals surface area contributed by atoms with Crippen molar-refractivity contribution >= 4 is 33.6 Å². The van der Waals surface area contributed by atoms with Crippen molar-refractivity contribution in [2.75, 3.05) is 0 Å². The summed E-state index contributed by atoms with van der Waals surface area (Å²) in [6.45, 7) is 0. The smallest absolute Gasteiger partial charge is 0.258 e. The van der Waals surface area contributed by atoms with Crippen LogP contribution in [0.3, 0.4) is 0 Å². The van der Waals surface area contributed by atoms with Crippen LogP contribution in [0.1, 0.15) is 0 Å². The second kappa shape index (κ2) is 3.23. The minimum Gasteiger partial charge on any atom is -0.258 e. The number of hydrogen-bond acceptors (Lipinski definition) is 5. The van der Waals surface area contributed by atoms with Gasteiger partial charge in [-0.2, -0.15) is 4.39 Å². The lowest BCUT2D eigenvalue weighted by atomic mass is 10.5. The Labute approximate surface area is 78.8 Å². The van der Waals surface area contributed by atoms with Crippen LogP contribution in [0.4, 0.5) is 15.1 Å². The second-order valence-corrected chi connectivity index (χ2v) is 3.18. The van der Waals surface area contributed by atoms with E-state index >= 15 is 0 Å². The number of thiophene rings is 1. The van der Waals surface area contributed by atoms with Gasteiger partial charge in [-0.05, 0) is 11.3 Å². The molecule has 0 bridgehead atoms. The molecule has 0 saturated carbocycles. The van der Waals surface area contributed by atoms with Crippen molar-refractivity contribution in [3.8, 4) is 0 Å². The molecule has 1 aromatic heterocycles. The quantitative estimate of drug-likeness (QED) is 0.572. The third-order valence-electron chi connectivity index (χ3n) is 1.12. The molecule has 1 aromatic rings. The van der Waals surface area contributed by atoms with Crippen molar-refractivity contribution in [2.45, 2.75) is 0 Å². The number of nitrogens with zero attached hydrogens (tertiary/aromatic N) is 2. The van der Waals surface area contributed by atoms with Gasteiger partial charge in [-0.1, -0.05) is 11.6 Å². The highest BCUT2D eigenvalue weighted by molar-refractivity contribution is 7.15. The van der Waals surface area contributed by atoms with E-state index in [0.717, 1.165) is 0 Å². The van der Waals surface area contributed by atoms with Gasteiger partial charge in [-0.25, -0.2) is 0 Å². The highest BCUT2D eigenvalue weighted by Gasteiger charge is 2.33. The molecule has 9 heteroatoms. The summed E-state index contributed by atoms with van der Waals surface area (Å²) in [6, 6.07) is 0. The van der Waals surface area contributed by atoms with Gasteiger partial charge >= 0.3 is 10.7 Å². The van der Waals surface area contributed by atoms with Crippen molar-refractivity contribution in [3.63, 3.8) is 0 Å². The SMILES string of the molecule is O=[N+]([O-])c1sc(F)c([N+](=O)[O-])c1Cl. The van der Waals surface area contributed by atoms with Crippen molar-refractivity contribution in [1.29, 1.82) is 0 Å². The van der Waals surface area contributed by atoms with Crippen LogP contribution in [-0.4, -0.2) is 9.85 Å². The first kappa shape index (κ1) is 9.81. The van der Waals surface area contributed by atoms with Crippen LogP contribution in [0.15, 0.2) is 0 Å². The lowest BCUT2D eigenvalue weighted by Crippen LogP contribution is -1.89. The van der Waals surface area contributed by atoms with E-state index in [1.165, 1.54) is 0 Å². The van der Waals surface area contributed by atoms with Crippen LogP contribution >= 0.6 is 22.9 Å². The van der Waals surface area contributed by atoms with Gasteiger partial charge in [0.15, 0.2) is 0 Å². The van der Waals surface area contributed by atoms with E-state index in [1.54, 1.807) is 0 Å². The van der Waals surface area contributed by atoms with Crippen LogP contribution in [0.5, 0.6) is 0 Å². The molecule has 0 aliphatic rings. The van der Waals surface area contributed by atoms with Gasteiger partial charge in [0, 0.05) is 0 Å². The summed E-state index contributed by atoms with van der Waals surface area (Å²) in [5.41, 5.74) is -1.04. The van der Waals surface area contributed by atoms with Crippen LogP contribution in [0, 0.1) is 25.4 Å². The molecule has 0 radical (unpaired) electrons. The molecule has 1 heterocycles. The molecule has 0 amide bonds. The maximum Gasteiger partial charge on any atom is 0.352 e. The Balaban J connectivity index is 3.39. The normalized spacial score (nSPS) is 10.0. The van der Waals surface area contributed by atoms with E-state index in [1.807, 2.05) is 0 Å². The summed E-state index contributed by atoms with van der Waals surface area (Å²) in [4.78, 5) is 18.2. The summed E-state index contributed by atoms with van der Waals surface area (Å²) < 4.78 is 12.7. The first-order valence-corrected chi connectivity index (χ1v) is 3.91. The van der Waals surface area contributed by atoms with E-state index in [4.69, 9.17) is 11.6 Å². The average Bonchev–Trinajstić information content (AvgIpc) is 2.26. The molecule has 0 atom stereocenters. The van der Waals surface area contributed by atoms with Crippen molar-refractivity contribution < 1.29 is 14.2 Å². The van der Waals surface area contributed by atoms with Gasteiger partial charge in [0.1, 0.15) is 0 Å². The summed E-state index contributed by atoms with van der Waals surface area (Å²) in [6.07, 6.45) is 0. The molecule has 0 aliphatic carbocycles. The molecule has 0 fully saturated rings. The van der Waals surface area contributed by atoms with E-state index in [0.29, 0.717) is 0 Å². The predicted octanol–water partition coefficient (Wildman–Crippen LogP) is 2.36. The Kier molecular flexibility index (Phi) is 2.43. The van der Waals surface area contributed by atoms with E-state index in [9.17, 15) is 24.6 Å². The zero-order valence-corrected chi connectivity index (χ0v) is 7.26. The fourth-order valence-electron chi connectivity index (χ4n) is 0.635. The fourth-order valence-corrected chi connectivity index (χ4v) is 1.73. The molecular weight excluding hydrogens is 227 g/mol. The number of nitro groups is 2. The van der Waals surface area contributed by atoms with Crippen LogP contribution in [-0.2, 0) is 0 Å². The Morgan fingerprint density at radius 1 is 1.31 bits per heavy atom. The first-order chi connectivity index (χ1) is 5.95. The fraction of sp³-hybridized carbons (Fsp3) is 0. The lowest BCUT2D eigenvalue weighted by Gasteiger charge is -1.85. The van der Waals surface area contributed by atoms with Crippen molar-refractivity contribution in [2.24, 2.45) is 0 Å². The molecular formula is C4ClFN2O4S. The lowest BCUT2D eigenvalue weighted by molar-refractivity contribution is -0.391. The Morgan fingerprint density at radius 3 is 2.08 bits per heavy atom. The summed E-state index contributed by atoms with van der Waals surface area (Å²) in [5, 5.41) is 17.5. The first-order valence-electron chi connectivity index (χ1n) is 2.71. The number of halogens is 2. The molecule has 0 aliphatic heterocycles. The van der Waals surface area contributed by atoms with Crippen molar-refractivity contribution in [3.05, 3.63) is 30.4 Å². The van der Waals surface area contributed by atoms with Crippen LogP contribution in [0.25, 0.3) is 0 Å². The highest BCUT2D eigenvalue weighted by Crippen LogP contribution is 2.42. The maximum absolute atomic E-state index is 12.7. The van der Waals surface area contributed by atoms with Crippen LogP contribution in [0.2, 0.25) is 5.02 Å². The Morgan fingerprint density at radius 2 is 1.85 bits per heavy atom. The van der Waals surface area contributed by atoms with Gasteiger partial charge < -0.3 is 0 Å². The zero-order chi connectivity index (χ0) is 10.2. The summed E-state index contributed by atoms with van der Waals surface area (Å²) in [5.74, 6) is 0.